The molecule has 0 saturated heterocycles. The van der Waals surface area contributed by atoms with Crippen LogP contribution >= 0.6 is 11.6 Å². The Morgan fingerprint density at radius 2 is 1.52 bits per heavy atom. The number of amides is 2. The number of benzene rings is 3. The molecular formula is C23H22ClN3O2. The first kappa shape index (κ1) is 20.6. The minimum absolute atomic E-state index is 0.0328. The number of para-hydroxylation sites is 1. The molecule has 3 aromatic rings. The fraction of sp³-hybridized carbons (Fsp3) is 0.130. The fourth-order valence-corrected chi connectivity index (χ4v) is 2.95. The van der Waals surface area contributed by atoms with E-state index in [1.54, 1.807) is 48.5 Å². The second kappa shape index (κ2) is 9.87. The van der Waals surface area contributed by atoms with E-state index >= 15 is 0 Å². The first-order valence-electron chi connectivity index (χ1n) is 9.27. The van der Waals surface area contributed by atoms with E-state index in [1.807, 2.05) is 37.3 Å². The Kier molecular flexibility index (Phi) is 7.00. The van der Waals surface area contributed by atoms with Crippen LogP contribution in [0.2, 0.25) is 5.02 Å². The van der Waals surface area contributed by atoms with Gasteiger partial charge in [0.1, 0.15) is 0 Å². The molecule has 29 heavy (non-hydrogen) atoms. The predicted molar refractivity (Wildman–Crippen MR) is 117 cm³/mol. The van der Waals surface area contributed by atoms with E-state index in [4.69, 9.17) is 11.6 Å². The molecule has 0 spiro atoms. The molecular weight excluding hydrogens is 386 g/mol. The maximum absolute atomic E-state index is 12.6. The van der Waals surface area contributed by atoms with Crippen molar-refractivity contribution in [2.45, 2.75) is 13.0 Å². The second-order valence-corrected chi connectivity index (χ2v) is 7.00. The normalized spacial score (nSPS) is 11.5. The van der Waals surface area contributed by atoms with E-state index in [-0.39, 0.29) is 24.4 Å². The van der Waals surface area contributed by atoms with Crippen LogP contribution in [0.15, 0.2) is 78.9 Å². The van der Waals surface area contributed by atoms with E-state index in [9.17, 15) is 9.59 Å². The van der Waals surface area contributed by atoms with Crippen molar-refractivity contribution in [3.05, 3.63) is 95.0 Å². The number of carbonyl (C=O) groups excluding carboxylic acids is 2. The molecule has 0 unspecified atom stereocenters. The van der Waals surface area contributed by atoms with Gasteiger partial charge < -0.3 is 16.0 Å². The number of anilines is 2. The van der Waals surface area contributed by atoms with Crippen LogP contribution in [0.1, 0.15) is 28.9 Å². The van der Waals surface area contributed by atoms with Crippen LogP contribution in [0.3, 0.4) is 0 Å². The SMILES string of the molecule is C[C@H](NCC(=O)Nc1ccccc1C(=O)Nc1ccc(Cl)cc1)c1ccccc1. The summed E-state index contributed by atoms with van der Waals surface area (Å²) >= 11 is 5.87. The molecule has 0 heterocycles. The van der Waals surface area contributed by atoms with Crippen molar-refractivity contribution < 1.29 is 9.59 Å². The third-order valence-corrected chi connectivity index (χ3v) is 4.67. The second-order valence-electron chi connectivity index (χ2n) is 6.57. The highest BCUT2D eigenvalue weighted by Gasteiger charge is 2.14. The summed E-state index contributed by atoms with van der Waals surface area (Å²) in [5.41, 5.74) is 2.56. The van der Waals surface area contributed by atoms with E-state index in [0.29, 0.717) is 22.0 Å². The molecule has 0 aliphatic carbocycles. The Morgan fingerprint density at radius 3 is 2.24 bits per heavy atom. The number of hydrogen-bond donors (Lipinski definition) is 3. The number of nitrogens with one attached hydrogen (secondary N) is 3. The van der Waals surface area contributed by atoms with Crippen molar-refractivity contribution in [3.63, 3.8) is 0 Å². The Morgan fingerprint density at radius 1 is 0.862 bits per heavy atom. The number of halogens is 1. The lowest BCUT2D eigenvalue weighted by Crippen LogP contribution is -2.30. The standard InChI is InChI=1S/C23H22ClN3O2/c1-16(17-7-3-2-4-8-17)25-15-22(28)27-21-10-6-5-9-20(21)23(29)26-19-13-11-18(24)12-14-19/h2-14,16,25H,15H2,1H3,(H,26,29)(H,27,28)/t16-/m0/s1. The van der Waals surface area contributed by atoms with Crippen molar-refractivity contribution in [2.75, 3.05) is 17.2 Å². The van der Waals surface area contributed by atoms with Gasteiger partial charge in [0.25, 0.3) is 5.91 Å². The molecule has 0 aromatic heterocycles. The first-order chi connectivity index (χ1) is 14.0. The molecule has 0 radical (unpaired) electrons. The zero-order valence-corrected chi connectivity index (χ0v) is 16.7. The molecule has 3 rings (SSSR count). The molecule has 148 valence electrons. The minimum atomic E-state index is -0.311. The van der Waals surface area contributed by atoms with Gasteiger partial charge in [0.05, 0.1) is 17.8 Å². The zero-order valence-electron chi connectivity index (χ0n) is 16.0. The van der Waals surface area contributed by atoms with Gasteiger partial charge in [-0.15, -0.1) is 0 Å². The van der Waals surface area contributed by atoms with Crippen molar-refractivity contribution >= 4 is 34.8 Å². The zero-order chi connectivity index (χ0) is 20.6. The van der Waals surface area contributed by atoms with Gasteiger partial charge in [-0.05, 0) is 48.9 Å². The van der Waals surface area contributed by atoms with Crippen molar-refractivity contribution in [2.24, 2.45) is 0 Å². The maximum Gasteiger partial charge on any atom is 0.257 e. The van der Waals surface area contributed by atoms with Gasteiger partial charge in [-0.25, -0.2) is 0 Å². The quantitative estimate of drug-likeness (QED) is 0.522. The predicted octanol–water partition coefficient (Wildman–Crippen LogP) is 4.88. The lowest BCUT2D eigenvalue weighted by molar-refractivity contribution is -0.115. The van der Waals surface area contributed by atoms with Gasteiger partial charge in [0.15, 0.2) is 0 Å². The lowest BCUT2D eigenvalue weighted by Gasteiger charge is -2.15. The molecule has 0 aliphatic rings. The summed E-state index contributed by atoms with van der Waals surface area (Å²) in [5, 5.41) is 9.39. The average Bonchev–Trinajstić information content (AvgIpc) is 2.74. The lowest BCUT2D eigenvalue weighted by atomic mass is 10.1. The Balaban J connectivity index is 1.61. The third kappa shape index (κ3) is 5.91. The molecule has 6 heteroatoms. The smallest absolute Gasteiger partial charge is 0.257 e. The molecule has 0 bridgehead atoms. The Labute approximate surface area is 175 Å². The van der Waals surface area contributed by atoms with Gasteiger partial charge in [-0.2, -0.15) is 0 Å². The molecule has 5 nitrogen and oxygen atoms in total. The molecule has 0 saturated carbocycles. The van der Waals surface area contributed by atoms with E-state index in [1.165, 1.54) is 0 Å². The summed E-state index contributed by atoms with van der Waals surface area (Å²) in [5.74, 6) is -0.534. The summed E-state index contributed by atoms with van der Waals surface area (Å²) in [6, 6.07) is 23.7. The van der Waals surface area contributed by atoms with Crippen LogP contribution in [0.5, 0.6) is 0 Å². The number of carbonyl (C=O) groups is 2. The molecule has 2 amide bonds. The maximum atomic E-state index is 12.6. The van der Waals surface area contributed by atoms with E-state index in [2.05, 4.69) is 16.0 Å². The van der Waals surface area contributed by atoms with Gasteiger partial charge in [0.2, 0.25) is 5.91 Å². The van der Waals surface area contributed by atoms with Crippen molar-refractivity contribution in [1.82, 2.24) is 5.32 Å². The van der Waals surface area contributed by atoms with Crippen molar-refractivity contribution in [1.29, 1.82) is 0 Å². The van der Waals surface area contributed by atoms with Crippen molar-refractivity contribution in [3.8, 4) is 0 Å². The van der Waals surface area contributed by atoms with Crippen LogP contribution in [0.4, 0.5) is 11.4 Å². The van der Waals surface area contributed by atoms with Gasteiger partial charge >= 0.3 is 0 Å². The largest absolute Gasteiger partial charge is 0.324 e. The summed E-state index contributed by atoms with van der Waals surface area (Å²) in [6.45, 7) is 2.12. The minimum Gasteiger partial charge on any atom is -0.324 e. The van der Waals surface area contributed by atoms with Crippen LogP contribution in [-0.4, -0.2) is 18.4 Å². The monoisotopic (exact) mass is 407 g/mol. The van der Waals surface area contributed by atoms with E-state index < -0.39 is 0 Å². The van der Waals surface area contributed by atoms with E-state index in [0.717, 1.165) is 5.56 Å². The molecule has 0 aliphatic heterocycles. The summed E-state index contributed by atoms with van der Waals surface area (Å²) in [6.07, 6.45) is 0. The van der Waals surface area contributed by atoms with Gasteiger partial charge in [0, 0.05) is 16.8 Å². The first-order valence-corrected chi connectivity index (χ1v) is 9.65. The van der Waals surface area contributed by atoms with Crippen LogP contribution in [0.25, 0.3) is 0 Å². The Bertz CT molecular complexity index is 975. The highest BCUT2D eigenvalue weighted by Crippen LogP contribution is 2.19. The van der Waals surface area contributed by atoms with Gasteiger partial charge in [-0.1, -0.05) is 54.1 Å². The summed E-state index contributed by atoms with van der Waals surface area (Å²) in [7, 11) is 0. The third-order valence-electron chi connectivity index (χ3n) is 4.42. The molecule has 3 aromatic carbocycles. The highest BCUT2D eigenvalue weighted by molar-refractivity contribution is 6.30. The average molecular weight is 408 g/mol. The van der Waals surface area contributed by atoms with Crippen LogP contribution in [0, 0.1) is 0 Å². The molecule has 1 atom stereocenters. The van der Waals surface area contributed by atoms with Crippen LogP contribution < -0.4 is 16.0 Å². The molecule has 0 fully saturated rings. The van der Waals surface area contributed by atoms with Gasteiger partial charge in [-0.3, -0.25) is 9.59 Å². The highest BCUT2D eigenvalue weighted by atomic mass is 35.5. The fourth-order valence-electron chi connectivity index (χ4n) is 2.82. The Hall–Kier alpha value is -3.15. The molecule has 3 N–H and O–H groups in total. The summed E-state index contributed by atoms with van der Waals surface area (Å²) in [4.78, 5) is 25.0. The topological polar surface area (TPSA) is 70.2 Å². The van der Waals surface area contributed by atoms with Crippen LogP contribution in [-0.2, 0) is 4.79 Å². The number of rotatable bonds is 7. The summed E-state index contributed by atoms with van der Waals surface area (Å²) < 4.78 is 0. The number of hydrogen-bond acceptors (Lipinski definition) is 3.